The number of anilines is 2. The predicted molar refractivity (Wildman–Crippen MR) is 124 cm³/mol. The molecule has 4 N–H and O–H groups in total. The summed E-state index contributed by atoms with van der Waals surface area (Å²) in [4.78, 5) is 35.5. The Morgan fingerprint density at radius 1 is 1.35 bits per heavy atom. The lowest BCUT2D eigenvalue weighted by Gasteiger charge is -2.40. The van der Waals surface area contributed by atoms with Gasteiger partial charge in [0.15, 0.2) is 11.6 Å². The van der Waals surface area contributed by atoms with Crippen LogP contribution in [0.1, 0.15) is 39.0 Å². The molecule has 0 spiro atoms. The predicted octanol–water partition coefficient (Wildman–Crippen LogP) is 1.26. The molecule has 1 aromatic heterocycles. The molecule has 0 bridgehead atoms. The van der Waals surface area contributed by atoms with Gasteiger partial charge in [-0.15, -0.1) is 0 Å². The third-order valence-corrected chi connectivity index (χ3v) is 6.67. The summed E-state index contributed by atoms with van der Waals surface area (Å²) in [6.45, 7) is 4.09. The lowest BCUT2D eigenvalue weighted by atomic mass is 9.92. The van der Waals surface area contributed by atoms with Crippen LogP contribution in [0.4, 0.5) is 16.0 Å². The second kappa shape index (κ2) is 12.4. The molecule has 0 aromatic carbocycles. The van der Waals surface area contributed by atoms with Crippen LogP contribution in [-0.4, -0.2) is 87.9 Å². The topological polar surface area (TPSA) is 134 Å². The largest absolute Gasteiger partial charge is 0.395 e. The van der Waals surface area contributed by atoms with Gasteiger partial charge < -0.3 is 10.0 Å². The van der Waals surface area contributed by atoms with E-state index >= 15 is 4.39 Å². The highest BCUT2D eigenvalue weighted by Gasteiger charge is 2.30. The molecule has 2 heterocycles. The second-order valence-corrected chi connectivity index (χ2v) is 9.31. The van der Waals surface area contributed by atoms with Gasteiger partial charge in [0.25, 0.3) is 0 Å². The van der Waals surface area contributed by atoms with Crippen LogP contribution in [0.15, 0.2) is 0 Å². The summed E-state index contributed by atoms with van der Waals surface area (Å²) in [5.41, 5.74) is 4.95. The zero-order valence-electron chi connectivity index (χ0n) is 19.3. The number of hydroxylamine groups is 2. The summed E-state index contributed by atoms with van der Waals surface area (Å²) in [5, 5.41) is 19.0. The van der Waals surface area contributed by atoms with Crippen molar-refractivity contribution in [2.45, 2.75) is 45.1 Å². The normalized spacial score (nSPS) is 20.3. The minimum Gasteiger partial charge on any atom is -0.395 e. The zero-order valence-corrected chi connectivity index (χ0v) is 20.0. The van der Waals surface area contributed by atoms with E-state index in [0.29, 0.717) is 43.6 Å². The highest BCUT2D eigenvalue weighted by molar-refractivity contribution is 6.28. The van der Waals surface area contributed by atoms with Crippen LogP contribution in [-0.2, 0) is 9.59 Å². The summed E-state index contributed by atoms with van der Waals surface area (Å²) < 4.78 is 15.3. The van der Waals surface area contributed by atoms with E-state index in [1.807, 2.05) is 6.92 Å². The fraction of sp³-hybridized carbons (Fsp3) is 0.714. The van der Waals surface area contributed by atoms with E-state index in [1.54, 1.807) is 4.90 Å². The number of piperazine rings is 1. The van der Waals surface area contributed by atoms with Crippen molar-refractivity contribution in [3.63, 3.8) is 0 Å². The number of halogens is 2. The number of carbonyl (C=O) groups excluding carboxylic acids is 2. The Morgan fingerprint density at radius 3 is 2.74 bits per heavy atom. The first-order valence-corrected chi connectivity index (χ1v) is 12.0. The second-order valence-electron chi connectivity index (χ2n) is 8.97. The molecule has 2 fully saturated rings. The molecule has 1 saturated carbocycles. The lowest BCUT2D eigenvalue weighted by Crippen LogP contribution is -2.53. The third kappa shape index (κ3) is 6.87. The van der Waals surface area contributed by atoms with Crippen LogP contribution < -0.4 is 15.8 Å². The smallest absolute Gasteiger partial charge is 0.243 e. The van der Waals surface area contributed by atoms with E-state index in [4.69, 9.17) is 16.7 Å². The molecule has 0 unspecified atom stereocenters. The Kier molecular flexibility index (Phi) is 9.63. The molecule has 11 nitrogen and oxygen atoms in total. The van der Waals surface area contributed by atoms with Crippen LogP contribution in [0.3, 0.4) is 0 Å². The van der Waals surface area contributed by atoms with Gasteiger partial charge in [-0.1, -0.05) is 25.7 Å². The molecule has 2 aliphatic rings. The number of rotatable bonds is 11. The first-order chi connectivity index (χ1) is 16.3. The van der Waals surface area contributed by atoms with Gasteiger partial charge >= 0.3 is 0 Å². The monoisotopic (exact) mass is 501 g/mol. The zero-order chi connectivity index (χ0) is 24.7. The van der Waals surface area contributed by atoms with Crippen molar-refractivity contribution in [3.8, 4) is 0 Å². The number of aliphatic hydroxyl groups is 1. The lowest BCUT2D eigenvalue weighted by molar-refractivity contribution is -0.154. The highest BCUT2D eigenvalue weighted by atomic mass is 35.5. The van der Waals surface area contributed by atoms with Crippen molar-refractivity contribution in [3.05, 3.63) is 11.1 Å². The molecular formula is C21H33ClFN7O4. The number of amides is 2. The molecular weight excluding hydrogens is 469 g/mol. The molecule has 13 heteroatoms. The number of carbonyl (C=O) groups is 2. The molecule has 2 amide bonds. The van der Waals surface area contributed by atoms with E-state index in [2.05, 4.69) is 25.7 Å². The molecule has 1 aromatic rings. The standard InChI is InChI=1S/C21H33ClFN7O4/c1-14-11-28(8-9-31)6-7-30(14)19-17(23)18(24-21(22)25-19)26-27-20(33)16(12-29(34)13-32)10-15-4-2-3-5-15/h13-16,31,34H,2-12H2,1H3,(H,27,33)(H,24,25,26)/t14-,16+/m0/s1. The van der Waals surface area contributed by atoms with Crippen LogP contribution in [0.2, 0.25) is 5.28 Å². The van der Waals surface area contributed by atoms with Gasteiger partial charge in [0.1, 0.15) is 0 Å². The summed E-state index contributed by atoms with van der Waals surface area (Å²) in [6, 6.07) is -0.0853. The van der Waals surface area contributed by atoms with E-state index in [1.165, 1.54) is 0 Å². The van der Waals surface area contributed by atoms with Crippen molar-refractivity contribution in [1.29, 1.82) is 0 Å². The van der Waals surface area contributed by atoms with Gasteiger partial charge in [-0.05, 0) is 30.9 Å². The maximum atomic E-state index is 15.3. The number of nitrogens with one attached hydrogen (secondary N) is 2. The van der Waals surface area contributed by atoms with Gasteiger partial charge in [-0.25, -0.2) is 5.06 Å². The number of hydrogen-bond donors (Lipinski definition) is 4. The molecule has 34 heavy (non-hydrogen) atoms. The van der Waals surface area contributed by atoms with Crippen molar-refractivity contribution in [1.82, 2.24) is 25.4 Å². The van der Waals surface area contributed by atoms with Gasteiger partial charge in [0.2, 0.25) is 23.4 Å². The third-order valence-electron chi connectivity index (χ3n) is 6.50. The fourth-order valence-electron chi connectivity index (χ4n) is 4.78. The molecule has 1 aliphatic heterocycles. The van der Waals surface area contributed by atoms with Gasteiger partial charge in [0.05, 0.1) is 19.1 Å². The highest BCUT2D eigenvalue weighted by Crippen LogP contribution is 2.31. The number of nitrogens with zero attached hydrogens (tertiary/aromatic N) is 5. The number of β-amino-alcohol motifs (C(OH)–C–C–N with tert-alkyl or cyclic N) is 1. The van der Waals surface area contributed by atoms with Crippen molar-refractivity contribution in [2.75, 3.05) is 49.7 Å². The van der Waals surface area contributed by atoms with Crippen LogP contribution >= 0.6 is 11.6 Å². The Bertz CT molecular complexity index is 846. The first-order valence-electron chi connectivity index (χ1n) is 11.6. The maximum absolute atomic E-state index is 15.3. The number of hydrazine groups is 1. The molecule has 1 aliphatic carbocycles. The average molecular weight is 502 g/mol. The number of hydrogen-bond acceptors (Lipinski definition) is 9. The Labute approximate surface area is 203 Å². The van der Waals surface area contributed by atoms with E-state index < -0.39 is 17.6 Å². The summed E-state index contributed by atoms with van der Waals surface area (Å²) >= 11 is 6.06. The number of aliphatic hydroxyl groups excluding tert-OH is 1. The first kappa shape index (κ1) is 26.3. The average Bonchev–Trinajstić information content (AvgIpc) is 3.32. The van der Waals surface area contributed by atoms with Gasteiger partial charge in [-0.2, -0.15) is 14.4 Å². The Morgan fingerprint density at radius 2 is 2.09 bits per heavy atom. The molecule has 2 atom stereocenters. The van der Waals surface area contributed by atoms with E-state index in [9.17, 15) is 14.8 Å². The SMILES string of the molecule is C[C@H]1CN(CCO)CCN1c1nc(Cl)nc(NNC(=O)[C@H](CC2CCCC2)CN(O)C=O)c1F. The van der Waals surface area contributed by atoms with E-state index in [-0.39, 0.29) is 42.5 Å². The minimum atomic E-state index is -0.754. The summed E-state index contributed by atoms with van der Waals surface area (Å²) in [6.07, 6.45) is 4.92. The van der Waals surface area contributed by atoms with Crippen molar-refractivity contribution >= 4 is 35.6 Å². The summed E-state index contributed by atoms with van der Waals surface area (Å²) in [5.74, 6) is -1.84. The molecule has 3 rings (SSSR count). The van der Waals surface area contributed by atoms with Crippen molar-refractivity contribution in [2.24, 2.45) is 11.8 Å². The molecule has 1 saturated heterocycles. The number of aromatic nitrogens is 2. The van der Waals surface area contributed by atoms with Crippen LogP contribution in [0, 0.1) is 17.7 Å². The van der Waals surface area contributed by atoms with Crippen LogP contribution in [0.5, 0.6) is 0 Å². The molecule has 190 valence electrons. The minimum absolute atomic E-state index is 0.0258. The Hall–Kier alpha value is -2.28. The maximum Gasteiger partial charge on any atom is 0.243 e. The fourth-order valence-corrected chi connectivity index (χ4v) is 4.94. The molecule has 0 radical (unpaired) electrons. The summed E-state index contributed by atoms with van der Waals surface area (Å²) in [7, 11) is 0. The van der Waals surface area contributed by atoms with Gasteiger partial charge in [-0.3, -0.25) is 30.5 Å². The van der Waals surface area contributed by atoms with E-state index in [0.717, 1.165) is 25.7 Å². The van der Waals surface area contributed by atoms with Gasteiger partial charge in [0, 0.05) is 32.2 Å². The Balaban J connectivity index is 1.69. The quantitative estimate of drug-likeness (QED) is 0.153. The van der Waals surface area contributed by atoms with Crippen molar-refractivity contribution < 1.29 is 24.3 Å². The van der Waals surface area contributed by atoms with Crippen LogP contribution in [0.25, 0.3) is 0 Å².